The van der Waals surface area contributed by atoms with Crippen LogP contribution in [0.1, 0.15) is 59.7 Å². The van der Waals surface area contributed by atoms with Crippen LogP contribution in [0, 0.1) is 13.8 Å². The minimum absolute atomic E-state index is 0.189. The second-order valence-corrected chi connectivity index (χ2v) is 11.6. The molecule has 4 aromatic rings. The number of esters is 1. The maximum absolute atomic E-state index is 14.0. The molecule has 0 aliphatic carbocycles. The smallest absolute Gasteiger partial charge is 0.338 e. The maximum Gasteiger partial charge on any atom is 0.338 e. The van der Waals surface area contributed by atoms with E-state index < -0.39 is 18.0 Å². The summed E-state index contributed by atoms with van der Waals surface area (Å²) in [5.41, 5.74) is 4.67. The third-order valence-corrected chi connectivity index (χ3v) is 8.11. The van der Waals surface area contributed by atoms with Gasteiger partial charge in [-0.1, -0.05) is 41.1 Å². The van der Waals surface area contributed by atoms with Crippen LogP contribution in [-0.2, 0) is 9.53 Å². The van der Waals surface area contributed by atoms with Crippen LogP contribution in [0.5, 0.6) is 0 Å². The predicted octanol–water partition coefficient (Wildman–Crippen LogP) is 4.95. The number of halogens is 1. The Balaban J connectivity index is 1.67. The number of ether oxygens (including phenoxy) is 1. The van der Waals surface area contributed by atoms with Gasteiger partial charge in [-0.3, -0.25) is 9.36 Å². The highest BCUT2D eigenvalue weighted by molar-refractivity contribution is 7.07. The first-order valence-electron chi connectivity index (χ1n) is 13.0. The zero-order chi connectivity index (χ0) is 29.6. The number of fused-ring (bicyclic) bond motifs is 1. The largest absolute Gasteiger partial charge is 0.478 e. The van der Waals surface area contributed by atoms with Gasteiger partial charge in [0.2, 0.25) is 0 Å². The molecule has 1 atom stereocenters. The molecule has 0 amide bonds. The van der Waals surface area contributed by atoms with Crippen molar-refractivity contribution in [3.63, 3.8) is 0 Å². The minimum atomic E-state index is -1.00. The Morgan fingerprint density at radius 1 is 1.10 bits per heavy atom. The highest BCUT2D eigenvalue weighted by Crippen LogP contribution is 2.31. The number of thiazole rings is 1. The molecule has 5 rings (SSSR count). The summed E-state index contributed by atoms with van der Waals surface area (Å²) in [4.78, 5) is 43.9. The molecule has 0 bridgehead atoms. The van der Waals surface area contributed by atoms with Crippen molar-refractivity contribution >= 4 is 41.0 Å². The number of hydrogen-bond acceptors (Lipinski definition) is 6. The molecule has 1 aliphatic heterocycles. The third-order valence-electron chi connectivity index (χ3n) is 6.88. The lowest BCUT2D eigenvalue weighted by Crippen LogP contribution is -2.40. The van der Waals surface area contributed by atoms with E-state index in [4.69, 9.17) is 16.3 Å². The molecule has 0 spiro atoms. The SMILES string of the molecule is CC1=C(C(=O)OC(C)C)[C@@H](c2ccc(Cl)cc2)n2c(s/c(=C\c3cc(C)n(-c4cccc(C(=O)O)c4)c3C)c2=O)=N1. The average molecular weight is 590 g/mol. The van der Waals surface area contributed by atoms with Crippen LogP contribution in [0.25, 0.3) is 11.8 Å². The van der Waals surface area contributed by atoms with Crippen molar-refractivity contribution in [1.29, 1.82) is 0 Å². The van der Waals surface area contributed by atoms with Gasteiger partial charge in [0.25, 0.3) is 5.56 Å². The summed E-state index contributed by atoms with van der Waals surface area (Å²) < 4.78 is 9.50. The quantitative estimate of drug-likeness (QED) is 0.321. The van der Waals surface area contributed by atoms with E-state index in [1.54, 1.807) is 67.8 Å². The van der Waals surface area contributed by atoms with Gasteiger partial charge in [0.1, 0.15) is 0 Å². The van der Waals surface area contributed by atoms with E-state index in [2.05, 4.69) is 4.99 Å². The minimum Gasteiger partial charge on any atom is -0.478 e. The summed E-state index contributed by atoms with van der Waals surface area (Å²) >= 11 is 7.39. The molecular formula is C31H28ClN3O5S. The molecule has 10 heteroatoms. The first-order valence-corrected chi connectivity index (χ1v) is 14.2. The summed E-state index contributed by atoms with van der Waals surface area (Å²) in [7, 11) is 0. The normalized spacial score (nSPS) is 15.2. The average Bonchev–Trinajstić information content (AvgIpc) is 3.37. The standard InChI is InChI=1S/C31H28ClN3O5S/c1-16(2)40-30(39)26-18(4)33-31-35(27(26)20-9-11-23(32)12-10-20)28(36)25(41-31)15-22-13-17(3)34(19(22)5)24-8-6-7-21(14-24)29(37)38/h6-16,27H,1-5H3,(H,37,38)/b25-15-/t27-/m1/s1. The topological polar surface area (TPSA) is 103 Å². The number of benzene rings is 2. The Hall–Kier alpha value is -4.21. The number of hydrogen-bond donors (Lipinski definition) is 1. The highest BCUT2D eigenvalue weighted by atomic mass is 35.5. The number of carboxylic acids is 1. The fraction of sp³-hybridized carbons (Fsp3) is 0.226. The molecule has 0 saturated heterocycles. The third kappa shape index (κ3) is 5.30. The van der Waals surface area contributed by atoms with Gasteiger partial charge < -0.3 is 14.4 Å². The van der Waals surface area contributed by atoms with Gasteiger partial charge in [-0.05, 0) is 88.2 Å². The molecule has 0 unspecified atom stereocenters. The number of allylic oxidation sites excluding steroid dienone is 1. The Kier molecular flexibility index (Phi) is 7.59. The first kappa shape index (κ1) is 28.3. The zero-order valence-electron chi connectivity index (χ0n) is 23.1. The summed E-state index contributed by atoms with van der Waals surface area (Å²) in [5.74, 6) is -1.53. The Bertz CT molecular complexity index is 1910. The molecule has 0 fully saturated rings. The summed E-state index contributed by atoms with van der Waals surface area (Å²) in [6.45, 7) is 9.14. The Labute approximate surface area is 245 Å². The number of aromatic carboxylic acids is 1. The van der Waals surface area contributed by atoms with Gasteiger partial charge in [-0.25, -0.2) is 14.6 Å². The van der Waals surface area contributed by atoms with E-state index in [1.807, 2.05) is 36.6 Å². The number of rotatable bonds is 6. The second kappa shape index (κ2) is 11.0. The van der Waals surface area contributed by atoms with Crippen LogP contribution in [0.4, 0.5) is 0 Å². The van der Waals surface area contributed by atoms with E-state index in [0.29, 0.717) is 36.9 Å². The maximum atomic E-state index is 14.0. The fourth-order valence-corrected chi connectivity index (χ4v) is 6.23. The monoisotopic (exact) mass is 589 g/mol. The summed E-state index contributed by atoms with van der Waals surface area (Å²) in [5, 5.41) is 9.98. The van der Waals surface area contributed by atoms with Crippen molar-refractivity contribution in [3.05, 3.63) is 119 Å². The van der Waals surface area contributed by atoms with E-state index in [1.165, 1.54) is 11.3 Å². The van der Waals surface area contributed by atoms with Crippen molar-refractivity contribution in [2.75, 3.05) is 0 Å². The molecule has 2 aromatic carbocycles. The van der Waals surface area contributed by atoms with Crippen LogP contribution < -0.4 is 14.9 Å². The van der Waals surface area contributed by atoms with Crippen LogP contribution in [0.2, 0.25) is 5.02 Å². The number of carbonyl (C=O) groups is 2. The molecule has 41 heavy (non-hydrogen) atoms. The zero-order valence-corrected chi connectivity index (χ0v) is 24.7. The van der Waals surface area contributed by atoms with Crippen molar-refractivity contribution in [3.8, 4) is 5.69 Å². The molecule has 3 heterocycles. The molecule has 1 aliphatic rings. The van der Waals surface area contributed by atoms with Gasteiger partial charge in [-0.15, -0.1) is 0 Å². The van der Waals surface area contributed by atoms with Crippen molar-refractivity contribution < 1.29 is 19.4 Å². The molecule has 8 nitrogen and oxygen atoms in total. The molecule has 0 radical (unpaired) electrons. The van der Waals surface area contributed by atoms with Crippen molar-refractivity contribution in [2.45, 2.75) is 46.8 Å². The number of carboxylic acid groups (broad SMARTS) is 1. The van der Waals surface area contributed by atoms with Crippen molar-refractivity contribution in [1.82, 2.24) is 9.13 Å². The molecule has 0 saturated carbocycles. The first-order chi connectivity index (χ1) is 19.5. The van der Waals surface area contributed by atoms with Gasteiger partial charge in [0.15, 0.2) is 4.80 Å². The number of aryl methyl sites for hydroxylation is 1. The predicted molar refractivity (Wildman–Crippen MR) is 159 cm³/mol. The van der Waals surface area contributed by atoms with E-state index in [0.717, 1.165) is 17.0 Å². The molecule has 210 valence electrons. The number of nitrogens with zero attached hydrogens (tertiary/aromatic N) is 3. The lowest BCUT2D eigenvalue weighted by molar-refractivity contribution is -0.143. The van der Waals surface area contributed by atoms with E-state index >= 15 is 0 Å². The summed E-state index contributed by atoms with van der Waals surface area (Å²) in [6.07, 6.45) is 1.47. The van der Waals surface area contributed by atoms with E-state index in [9.17, 15) is 19.5 Å². The molecule has 1 N–H and O–H groups in total. The Morgan fingerprint density at radius 3 is 2.46 bits per heavy atom. The second-order valence-electron chi connectivity index (χ2n) is 10.1. The lowest BCUT2D eigenvalue weighted by Gasteiger charge is -2.25. The number of aromatic nitrogens is 2. The lowest BCUT2D eigenvalue weighted by atomic mass is 9.96. The molecule has 2 aromatic heterocycles. The number of carbonyl (C=O) groups excluding carboxylic acids is 1. The Morgan fingerprint density at radius 2 is 1.80 bits per heavy atom. The van der Waals surface area contributed by atoms with Crippen LogP contribution in [0.15, 0.2) is 75.7 Å². The molecular weight excluding hydrogens is 562 g/mol. The summed E-state index contributed by atoms with van der Waals surface area (Å²) in [6, 6.07) is 15.0. The van der Waals surface area contributed by atoms with Gasteiger partial charge in [0.05, 0.1) is 33.5 Å². The van der Waals surface area contributed by atoms with Crippen LogP contribution in [0.3, 0.4) is 0 Å². The van der Waals surface area contributed by atoms with E-state index in [-0.39, 0.29) is 17.2 Å². The fourth-order valence-electron chi connectivity index (χ4n) is 5.07. The van der Waals surface area contributed by atoms with Crippen molar-refractivity contribution in [2.24, 2.45) is 4.99 Å². The van der Waals surface area contributed by atoms with Gasteiger partial charge >= 0.3 is 11.9 Å². The van der Waals surface area contributed by atoms with Crippen LogP contribution in [-0.4, -0.2) is 32.3 Å². The van der Waals surface area contributed by atoms with Crippen LogP contribution >= 0.6 is 22.9 Å². The van der Waals surface area contributed by atoms with Gasteiger partial charge in [-0.2, -0.15) is 0 Å². The van der Waals surface area contributed by atoms with Gasteiger partial charge in [0, 0.05) is 22.1 Å². The highest BCUT2D eigenvalue weighted by Gasteiger charge is 2.33.